The summed E-state index contributed by atoms with van der Waals surface area (Å²) >= 11 is 0. The molecule has 282 valence electrons. The molecule has 0 radical (unpaired) electrons. The summed E-state index contributed by atoms with van der Waals surface area (Å²) in [6.45, 7) is 19.1. The molecule has 0 N–H and O–H groups in total. The molecule has 0 spiro atoms. The maximum atomic E-state index is 2.42. The molecule has 2 unspecified atom stereocenters. The van der Waals surface area contributed by atoms with Crippen LogP contribution in [0.1, 0.15) is 57.3 Å². The van der Waals surface area contributed by atoms with E-state index in [1.807, 2.05) is 0 Å². The lowest BCUT2D eigenvalue weighted by molar-refractivity contribution is 0.828. The molecule has 4 heterocycles. The Morgan fingerprint density at radius 2 is 0.571 bits per heavy atom. The number of rotatable bonds is 11. The van der Waals surface area contributed by atoms with Gasteiger partial charge in [0.1, 0.15) is 0 Å². The second kappa shape index (κ2) is 16.5. The first-order valence-electron chi connectivity index (χ1n) is 20.1. The van der Waals surface area contributed by atoms with Gasteiger partial charge in [0.05, 0.1) is 0 Å². The predicted molar refractivity (Wildman–Crippen MR) is 254 cm³/mol. The molecular formula is C52H52P4-2. The van der Waals surface area contributed by atoms with Crippen LogP contribution in [-0.2, 0) is 12.3 Å². The van der Waals surface area contributed by atoms with Gasteiger partial charge in [0.25, 0.3) is 0 Å². The van der Waals surface area contributed by atoms with Crippen molar-refractivity contribution in [3.63, 3.8) is 0 Å². The quantitative estimate of drug-likeness (QED) is 0.114. The van der Waals surface area contributed by atoms with Crippen molar-refractivity contribution >= 4 is 31.5 Å². The first-order valence-corrected chi connectivity index (χ1v) is 24.9. The Labute approximate surface area is 340 Å². The van der Waals surface area contributed by atoms with Crippen molar-refractivity contribution in [1.82, 2.24) is 0 Å². The lowest BCUT2D eigenvalue weighted by Gasteiger charge is -2.18. The molecule has 0 aliphatic carbocycles. The molecule has 0 aliphatic rings. The molecule has 8 aromatic rings. The highest BCUT2D eigenvalue weighted by atomic mass is 31.1. The number of benzene rings is 4. The van der Waals surface area contributed by atoms with Crippen LogP contribution in [0.4, 0.5) is 0 Å². The monoisotopic (exact) mass is 800 g/mol. The van der Waals surface area contributed by atoms with E-state index < -0.39 is 15.1 Å². The largest absolute Gasteiger partial charge is 0.513 e. The van der Waals surface area contributed by atoms with Gasteiger partial charge in [0, 0.05) is 10.6 Å². The molecule has 4 aromatic carbocycles. The van der Waals surface area contributed by atoms with Crippen molar-refractivity contribution in [2.45, 2.75) is 80.6 Å². The third-order valence-corrected chi connectivity index (χ3v) is 21.8. The van der Waals surface area contributed by atoms with Gasteiger partial charge in [-0.2, -0.15) is 21.2 Å². The minimum absolute atomic E-state index is 0.499. The summed E-state index contributed by atoms with van der Waals surface area (Å²) in [6.07, 6.45) is 4.95. The minimum atomic E-state index is -0.499. The van der Waals surface area contributed by atoms with Crippen LogP contribution >= 0.6 is 31.5 Å². The molecule has 2 atom stereocenters. The maximum Gasteiger partial charge on any atom is 0.00487 e. The fourth-order valence-corrected chi connectivity index (χ4v) is 19.2. The van der Waals surface area contributed by atoms with Crippen LogP contribution in [-0.4, -0.2) is 0 Å². The van der Waals surface area contributed by atoms with Crippen LogP contribution in [0.5, 0.6) is 0 Å². The minimum Gasteiger partial charge on any atom is -0.513 e. The summed E-state index contributed by atoms with van der Waals surface area (Å²) in [7, 11) is 1.74. The van der Waals surface area contributed by atoms with E-state index in [1.54, 1.807) is 31.8 Å². The van der Waals surface area contributed by atoms with Crippen molar-refractivity contribution in [1.29, 1.82) is 0 Å². The number of hydrogen-bond acceptors (Lipinski definition) is 0. The molecule has 56 heavy (non-hydrogen) atoms. The summed E-state index contributed by atoms with van der Waals surface area (Å²) in [5.74, 6) is 0. The molecule has 0 amide bonds. The molecule has 4 heteroatoms. The Kier molecular flexibility index (Phi) is 11.4. The van der Waals surface area contributed by atoms with Gasteiger partial charge in [-0.15, -0.1) is 15.1 Å². The van der Waals surface area contributed by atoms with E-state index in [4.69, 9.17) is 0 Å². The number of hydrogen-bond donors (Lipinski definition) is 0. The fourth-order valence-electron chi connectivity index (χ4n) is 8.76. The van der Waals surface area contributed by atoms with E-state index in [2.05, 4.69) is 177 Å². The lowest BCUT2D eigenvalue weighted by atomic mass is 10.0. The van der Waals surface area contributed by atoms with Crippen LogP contribution in [0.3, 0.4) is 0 Å². The van der Waals surface area contributed by atoms with Crippen molar-refractivity contribution in [2.75, 3.05) is 0 Å². The van der Waals surface area contributed by atoms with Gasteiger partial charge >= 0.3 is 0 Å². The van der Waals surface area contributed by atoms with Gasteiger partial charge in [0.15, 0.2) is 0 Å². The second-order valence-electron chi connectivity index (χ2n) is 15.5. The Hall–Kier alpha value is -4.00. The Balaban J connectivity index is 1.19. The van der Waals surface area contributed by atoms with Crippen LogP contribution in [0.15, 0.2) is 121 Å². The van der Waals surface area contributed by atoms with Gasteiger partial charge in [-0.3, -0.25) is 0 Å². The molecule has 8 rings (SSSR count). The normalized spacial score (nSPS) is 12.4. The highest BCUT2D eigenvalue weighted by Gasteiger charge is 2.23. The van der Waals surface area contributed by atoms with Gasteiger partial charge in [-0.05, 0) is 136 Å². The van der Waals surface area contributed by atoms with Gasteiger partial charge in [0.2, 0.25) is 0 Å². The van der Waals surface area contributed by atoms with Crippen molar-refractivity contribution in [2.24, 2.45) is 0 Å². The third kappa shape index (κ3) is 7.00. The van der Waals surface area contributed by atoms with Crippen LogP contribution in [0.2, 0.25) is 0 Å². The lowest BCUT2D eigenvalue weighted by Crippen LogP contribution is -1.83. The summed E-state index contributed by atoms with van der Waals surface area (Å²) in [4.78, 5) is 0. The highest BCUT2D eigenvalue weighted by molar-refractivity contribution is 7.58. The average Bonchev–Trinajstić information content (AvgIpc) is 3.87. The van der Waals surface area contributed by atoms with Crippen molar-refractivity contribution < 1.29 is 0 Å². The van der Waals surface area contributed by atoms with E-state index >= 15 is 0 Å². The highest BCUT2D eigenvalue weighted by Crippen LogP contribution is 2.63. The molecule has 0 aliphatic heterocycles. The molecule has 0 saturated heterocycles. The van der Waals surface area contributed by atoms with Gasteiger partial charge in [-0.1, -0.05) is 144 Å². The first-order chi connectivity index (χ1) is 27.2. The zero-order valence-corrected chi connectivity index (χ0v) is 37.7. The van der Waals surface area contributed by atoms with Gasteiger partial charge < -0.3 is 16.4 Å². The maximum absolute atomic E-state index is 2.42. The van der Waals surface area contributed by atoms with Crippen molar-refractivity contribution in [3.8, 4) is 64.6 Å². The molecular weight excluding hydrogens is 748 g/mol. The standard InChI is InChI=1S/C52H52P4/c1-33-35(3)47(53-45(33)41-23-13-9-14-24-41)51-39(7)37(5)49(43-27-17-11-18-28-43)55(51)31-21-22-32-56-50(44-29-19-12-20-30-44)38(6)40(8)52(56)48-36(4)34(2)46(54-48)42-25-15-10-16-26-42/h9-20,23-30H,21-22,31-32H2,1-8H3/q-2. The van der Waals surface area contributed by atoms with Crippen molar-refractivity contribution in [3.05, 3.63) is 166 Å². The van der Waals surface area contributed by atoms with E-state index in [9.17, 15) is 0 Å². The summed E-state index contributed by atoms with van der Waals surface area (Å²) in [5.41, 5.74) is 17.5. The molecule has 0 saturated carbocycles. The topological polar surface area (TPSA) is 0 Å². The van der Waals surface area contributed by atoms with E-state index in [1.165, 1.54) is 119 Å². The second-order valence-corrected chi connectivity index (χ2v) is 22.1. The third-order valence-electron chi connectivity index (χ3n) is 12.3. The molecule has 0 bridgehead atoms. The zero-order chi connectivity index (χ0) is 39.1. The van der Waals surface area contributed by atoms with Gasteiger partial charge in [-0.25, -0.2) is 0 Å². The zero-order valence-electron chi connectivity index (χ0n) is 34.2. The molecule has 0 fully saturated rings. The van der Waals surface area contributed by atoms with E-state index in [0.29, 0.717) is 0 Å². The average molecular weight is 801 g/mol. The first kappa shape index (κ1) is 38.9. The summed E-state index contributed by atoms with van der Waals surface area (Å²) in [6, 6.07) is 44.8. The Bertz CT molecular complexity index is 2440. The van der Waals surface area contributed by atoms with Crippen LogP contribution in [0, 0.1) is 55.4 Å². The van der Waals surface area contributed by atoms with E-state index in [-0.39, 0.29) is 0 Å². The molecule has 0 nitrogen and oxygen atoms in total. The molecule has 4 aromatic heterocycles. The SMILES string of the molecule is Cc1c(-c2ccccc2)[p-]c(-c2c(C)c(C)c(-c3ccccc3)p2CCCCp2c(-c3ccccc3)c(C)c(C)c2-c2[p-]c(-c3ccccc3)c(C)c2C)c1C. The smallest absolute Gasteiger partial charge is 0.00487 e. The summed E-state index contributed by atoms with van der Waals surface area (Å²) in [5, 5.41) is 12.6. The van der Waals surface area contributed by atoms with Crippen LogP contribution in [0.25, 0.3) is 64.6 Å². The summed E-state index contributed by atoms with van der Waals surface area (Å²) < 4.78 is 0. The van der Waals surface area contributed by atoms with Crippen LogP contribution < -0.4 is 0 Å². The Morgan fingerprint density at radius 1 is 0.304 bits per heavy atom. The fraction of sp³-hybridized carbons (Fsp3) is 0.231. The number of unbranched alkanes of at least 4 members (excludes halogenated alkanes) is 1. The van der Waals surface area contributed by atoms with E-state index in [0.717, 1.165) is 0 Å². The Morgan fingerprint density at radius 3 is 0.893 bits per heavy atom. The predicted octanol–water partition coefficient (Wildman–Crippen LogP) is 18.2.